The fourth-order valence-electron chi connectivity index (χ4n) is 2.92. The Kier molecular flexibility index (Phi) is 5.48. The predicted molar refractivity (Wildman–Crippen MR) is 80.4 cm³/mol. The number of amides is 1. The van der Waals surface area contributed by atoms with Gasteiger partial charge in [-0.2, -0.15) is 0 Å². The molecule has 1 atom stereocenters. The summed E-state index contributed by atoms with van der Waals surface area (Å²) in [4.78, 5) is 16.9. The summed E-state index contributed by atoms with van der Waals surface area (Å²) in [6.07, 6.45) is 3.16. The summed E-state index contributed by atoms with van der Waals surface area (Å²) in [5.41, 5.74) is 0. The summed E-state index contributed by atoms with van der Waals surface area (Å²) in [7, 11) is 0. The van der Waals surface area contributed by atoms with Gasteiger partial charge in [-0.15, -0.1) is 0 Å². The lowest BCUT2D eigenvalue weighted by Gasteiger charge is -2.30. The molecule has 6 nitrogen and oxygen atoms in total. The zero-order valence-corrected chi connectivity index (χ0v) is 12.9. The first-order chi connectivity index (χ1) is 10.8. The third-order valence-corrected chi connectivity index (χ3v) is 4.23. The van der Waals surface area contributed by atoms with Crippen LogP contribution in [0.5, 0.6) is 0 Å². The van der Waals surface area contributed by atoms with Gasteiger partial charge in [-0.25, -0.2) is 0 Å². The van der Waals surface area contributed by atoms with Gasteiger partial charge in [0.2, 0.25) is 0 Å². The monoisotopic (exact) mass is 308 g/mol. The maximum Gasteiger partial charge on any atom is 0.252 e. The number of ether oxygens (including phenoxy) is 2. The highest BCUT2D eigenvalue weighted by Crippen LogP contribution is 2.17. The molecule has 2 aliphatic rings. The van der Waals surface area contributed by atoms with Gasteiger partial charge in [0.25, 0.3) is 5.91 Å². The van der Waals surface area contributed by atoms with Gasteiger partial charge in [-0.1, -0.05) is 0 Å². The van der Waals surface area contributed by atoms with Gasteiger partial charge in [0.1, 0.15) is 11.9 Å². The molecule has 3 rings (SSSR count). The summed E-state index contributed by atoms with van der Waals surface area (Å²) in [6.45, 7) is 6.17. The number of carbonyl (C=O) groups excluding carboxylic acids is 1. The lowest BCUT2D eigenvalue weighted by Crippen LogP contribution is -2.45. The molecule has 2 fully saturated rings. The molecule has 0 spiro atoms. The molecule has 0 N–H and O–H groups in total. The van der Waals surface area contributed by atoms with Gasteiger partial charge in [-0.05, 0) is 25.0 Å². The molecule has 0 aromatic carbocycles. The zero-order chi connectivity index (χ0) is 15.2. The highest BCUT2D eigenvalue weighted by molar-refractivity contribution is 5.81. The predicted octanol–water partition coefficient (Wildman–Crippen LogP) is 1.12. The van der Waals surface area contributed by atoms with Crippen LogP contribution < -0.4 is 0 Å². The van der Waals surface area contributed by atoms with Gasteiger partial charge in [0.15, 0.2) is 0 Å². The van der Waals surface area contributed by atoms with E-state index < -0.39 is 0 Å². The van der Waals surface area contributed by atoms with Crippen LogP contribution in [0.4, 0.5) is 0 Å². The van der Waals surface area contributed by atoms with Gasteiger partial charge in [-0.3, -0.25) is 9.69 Å². The molecule has 0 saturated carbocycles. The van der Waals surface area contributed by atoms with Crippen LogP contribution in [0.2, 0.25) is 0 Å². The highest BCUT2D eigenvalue weighted by Gasteiger charge is 2.29. The number of furan rings is 1. The van der Waals surface area contributed by atoms with Crippen molar-refractivity contribution in [3.63, 3.8) is 0 Å². The second-order valence-corrected chi connectivity index (χ2v) is 5.79. The van der Waals surface area contributed by atoms with E-state index in [0.717, 1.165) is 51.4 Å². The number of nitrogens with zero attached hydrogens (tertiary/aromatic N) is 2. The highest BCUT2D eigenvalue weighted by atomic mass is 16.5. The molecule has 3 heterocycles. The first-order valence-corrected chi connectivity index (χ1v) is 8.06. The molecule has 2 saturated heterocycles. The van der Waals surface area contributed by atoms with Crippen molar-refractivity contribution >= 4 is 5.91 Å². The van der Waals surface area contributed by atoms with Crippen molar-refractivity contribution in [3.8, 4) is 0 Å². The number of carbonyl (C=O) groups is 1. The van der Waals surface area contributed by atoms with Crippen molar-refractivity contribution in [2.75, 3.05) is 46.0 Å². The Morgan fingerprint density at radius 3 is 2.86 bits per heavy atom. The lowest BCUT2D eigenvalue weighted by molar-refractivity contribution is -0.142. The van der Waals surface area contributed by atoms with E-state index in [1.165, 1.54) is 0 Å². The Bertz CT molecular complexity index is 451. The minimum Gasteiger partial charge on any atom is -0.467 e. The summed E-state index contributed by atoms with van der Waals surface area (Å²) >= 11 is 0. The van der Waals surface area contributed by atoms with Crippen LogP contribution in [0.1, 0.15) is 18.6 Å². The zero-order valence-electron chi connectivity index (χ0n) is 12.9. The minimum absolute atomic E-state index is 0.0853. The van der Waals surface area contributed by atoms with Crippen molar-refractivity contribution in [1.82, 2.24) is 9.80 Å². The molecule has 122 valence electrons. The van der Waals surface area contributed by atoms with E-state index in [1.807, 2.05) is 17.0 Å². The van der Waals surface area contributed by atoms with Crippen molar-refractivity contribution in [3.05, 3.63) is 24.2 Å². The maximum atomic E-state index is 12.7. The fraction of sp³-hybridized carbons (Fsp3) is 0.688. The SMILES string of the molecule is O=C([C@H]1CCCO1)N(CCN1CCOCC1)Cc1ccco1. The molecule has 1 aromatic rings. The largest absolute Gasteiger partial charge is 0.467 e. The van der Waals surface area contributed by atoms with Crippen LogP contribution >= 0.6 is 0 Å². The normalized spacial score (nSPS) is 22.8. The Labute approximate surface area is 131 Å². The van der Waals surface area contributed by atoms with Crippen LogP contribution in [0.15, 0.2) is 22.8 Å². The Balaban J connectivity index is 1.58. The second kappa shape index (κ2) is 7.76. The average Bonchev–Trinajstić information content (AvgIpc) is 3.25. The van der Waals surface area contributed by atoms with Crippen LogP contribution in [0.25, 0.3) is 0 Å². The third kappa shape index (κ3) is 4.09. The van der Waals surface area contributed by atoms with Gasteiger partial charge in [0.05, 0.1) is 26.0 Å². The smallest absolute Gasteiger partial charge is 0.252 e. The lowest BCUT2D eigenvalue weighted by atomic mass is 10.2. The number of hydrogen-bond donors (Lipinski definition) is 0. The molecule has 0 bridgehead atoms. The number of morpholine rings is 1. The maximum absolute atomic E-state index is 12.7. The molecule has 2 aliphatic heterocycles. The summed E-state index contributed by atoms with van der Waals surface area (Å²) in [5.74, 6) is 0.899. The topological polar surface area (TPSA) is 55.2 Å². The quantitative estimate of drug-likeness (QED) is 0.788. The van der Waals surface area contributed by atoms with E-state index in [0.29, 0.717) is 19.7 Å². The average molecular weight is 308 g/mol. The molecule has 1 amide bonds. The van der Waals surface area contributed by atoms with Crippen molar-refractivity contribution in [1.29, 1.82) is 0 Å². The molecule has 0 radical (unpaired) electrons. The van der Waals surface area contributed by atoms with Crippen LogP contribution in [-0.2, 0) is 20.8 Å². The van der Waals surface area contributed by atoms with E-state index in [9.17, 15) is 4.79 Å². The standard InChI is InChI=1S/C16H24N2O4/c19-16(15-4-2-10-22-15)18(13-14-3-1-9-21-14)6-5-17-7-11-20-12-8-17/h1,3,9,15H,2,4-8,10-13H2/t15-/m1/s1. The molecular weight excluding hydrogens is 284 g/mol. The molecule has 22 heavy (non-hydrogen) atoms. The van der Waals surface area contributed by atoms with Crippen molar-refractivity contribution in [2.45, 2.75) is 25.5 Å². The van der Waals surface area contributed by atoms with E-state index in [-0.39, 0.29) is 12.0 Å². The Morgan fingerprint density at radius 2 is 2.18 bits per heavy atom. The Morgan fingerprint density at radius 1 is 1.32 bits per heavy atom. The van der Waals surface area contributed by atoms with E-state index in [2.05, 4.69) is 4.90 Å². The fourth-order valence-corrected chi connectivity index (χ4v) is 2.92. The number of hydrogen-bond acceptors (Lipinski definition) is 5. The van der Waals surface area contributed by atoms with Gasteiger partial charge in [0, 0.05) is 32.8 Å². The second-order valence-electron chi connectivity index (χ2n) is 5.79. The number of rotatable bonds is 6. The molecule has 0 unspecified atom stereocenters. The summed E-state index contributed by atoms with van der Waals surface area (Å²) < 4.78 is 16.3. The molecule has 1 aromatic heterocycles. The minimum atomic E-state index is -0.278. The van der Waals surface area contributed by atoms with E-state index in [4.69, 9.17) is 13.9 Å². The van der Waals surface area contributed by atoms with E-state index >= 15 is 0 Å². The van der Waals surface area contributed by atoms with Crippen LogP contribution in [-0.4, -0.2) is 67.8 Å². The van der Waals surface area contributed by atoms with Crippen LogP contribution in [0, 0.1) is 0 Å². The Hall–Kier alpha value is -1.37. The molecule has 0 aliphatic carbocycles. The van der Waals surface area contributed by atoms with Gasteiger partial charge >= 0.3 is 0 Å². The van der Waals surface area contributed by atoms with E-state index in [1.54, 1.807) is 6.26 Å². The molecule has 6 heteroatoms. The van der Waals surface area contributed by atoms with Crippen LogP contribution in [0.3, 0.4) is 0 Å². The summed E-state index contributed by atoms with van der Waals surface area (Å²) in [5, 5.41) is 0. The van der Waals surface area contributed by atoms with Crippen molar-refractivity contribution in [2.24, 2.45) is 0 Å². The first-order valence-electron chi connectivity index (χ1n) is 8.06. The molecular formula is C16H24N2O4. The van der Waals surface area contributed by atoms with Gasteiger partial charge < -0.3 is 18.8 Å². The summed E-state index contributed by atoms with van der Waals surface area (Å²) in [6, 6.07) is 3.76. The van der Waals surface area contributed by atoms with Crippen molar-refractivity contribution < 1.29 is 18.7 Å². The third-order valence-electron chi connectivity index (χ3n) is 4.23. The first kappa shape index (κ1) is 15.5.